The van der Waals surface area contributed by atoms with Gasteiger partial charge in [0, 0.05) is 0 Å². The van der Waals surface area contributed by atoms with E-state index in [0.717, 1.165) is 6.08 Å². The Morgan fingerprint density at radius 2 is 1.86 bits per heavy atom. The minimum absolute atomic E-state index is 0.168. The summed E-state index contributed by atoms with van der Waals surface area (Å²) in [5, 5.41) is 2.47. The van der Waals surface area contributed by atoms with E-state index in [0.29, 0.717) is 0 Å². The summed E-state index contributed by atoms with van der Waals surface area (Å²) in [6, 6.07) is -0.839. The second-order valence-corrected chi connectivity index (χ2v) is 5.97. The average Bonchev–Trinajstić information content (AvgIpc) is 2.31. The highest BCUT2D eigenvalue weighted by Gasteiger charge is 2.24. The van der Waals surface area contributed by atoms with Gasteiger partial charge in [0.2, 0.25) is 0 Å². The lowest BCUT2D eigenvalue weighted by atomic mass is 10.0. The molecule has 0 bridgehead atoms. The molecule has 0 saturated heterocycles. The van der Waals surface area contributed by atoms with Crippen molar-refractivity contribution in [3.8, 4) is 0 Å². The smallest absolute Gasteiger partial charge is 0.408 e. The zero-order valence-corrected chi connectivity index (χ0v) is 13.7. The third-order valence-corrected chi connectivity index (χ3v) is 2.41. The van der Waals surface area contributed by atoms with E-state index in [1.54, 1.807) is 41.5 Å². The Balaban J connectivity index is 4.71. The maximum atomic E-state index is 14.1. The lowest BCUT2D eigenvalue weighted by Crippen LogP contribution is -2.42. The van der Waals surface area contributed by atoms with Crippen LogP contribution < -0.4 is 5.32 Å². The molecule has 0 aromatic heterocycles. The lowest BCUT2D eigenvalue weighted by Gasteiger charge is -2.25. The standard InChI is InChI=1S/C15H26FNO4/c1-7-20-12(18)9-8-11(16)13(10(2)3)17-14(19)21-15(4,5)6/h8,10,13H,7,9H2,1-6H3,(H,17,19)/b11-8-/t13-/m1/s1. The first-order valence-electron chi connectivity index (χ1n) is 7.07. The van der Waals surface area contributed by atoms with Crippen molar-refractivity contribution in [2.75, 3.05) is 6.61 Å². The number of alkyl carbamates (subject to hydrolysis) is 1. The van der Waals surface area contributed by atoms with E-state index in [1.807, 2.05) is 0 Å². The molecule has 0 aromatic carbocycles. The van der Waals surface area contributed by atoms with Gasteiger partial charge in [0.05, 0.1) is 19.1 Å². The van der Waals surface area contributed by atoms with E-state index in [4.69, 9.17) is 9.47 Å². The zero-order chi connectivity index (χ0) is 16.6. The molecular formula is C15H26FNO4. The number of rotatable bonds is 6. The summed E-state index contributed by atoms with van der Waals surface area (Å²) in [7, 11) is 0. The summed E-state index contributed by atoms with van der Waals surface area (Å²) in [4.78, 5) is 22.9. The van der Waals surface area contributed by atoms with Crippen molar-refractivity contribution in [2.24, 2.45) is 5.92 Å². The number of nitrogens with one attached hydrogen (secondary N) is 1. The van der Waals surface area contributed by atoms with Gasteiger partial charge in [-0.3, -0.25) is 4.79 Å². The number of hydrogen-bond acceptors (Lipinski definition) is 4. The fourth-order valence-corrected chi connectivity index (χ4v) is 1.52. The van der Waals surface area contributed by atoms with E-state index >= 15 is 0 Å². The molecule has 0 spiro atoms. The molecule has 21 heavy (non-hydrogen) atoms. The molecule has 6 heteroatoms. The molecule has 1 atom stereocenters. The first-order valence-corrected chi connectivity index (χ1v) is 7.07. The van der Waals surface area contributed by atoms with Crippen LogP contribution in [0.4, 0.5) is 9.18 Å². The van der Waals surface area contributed by atoms with Crippen LogP contribution in [-0.4, -0.2) is 30.3 Å². The zero-order valence-electron chi connectivity index (χ0n) is 13.7. The van der Waals surface area contributed by atoms with E-state index < -0.39 is 29.5 Å². The minimum Gasteiger partial charge on any atom is -0.466 e. The topological polar surface area (TPSA) is 64.6 Å². The number of carbonyl (C=O) groups is 2. The molecule has 5 nitrogen and oxygen atoms in total. The first kappa shape index (κ1) is 19.4. The second-order valence-electron chi connectivity index (χ2n) is 5.97. The Morgan fingerprint density at radius 1 is 1.29 bits per heavy atom. The third kappa shape index (κ3) is 9.05. The summed E-state index contributed by atoms with van der Waals surface area (Å²) in [6.45, 7) is 10.6. The molecule has 0 saturated carbocycles. The number of ether oxygens (including phenoxy) is 2. The van der Waals surface area contributed by atoms with Gasteiger partial charge in [0.25, 0.3) is 0 Å². The van der Waals surface area contributed by atoms with E-state index in [9.17, 15) is 14.0 Å². The summed E-state index contributed by atoms with van der Waals surface area (Å²) in [5.41, 5.74) is -0.656. The van der Waals surface area contributed by atoms with Gasteiger partial charge in [0.1, 0.15) is 11.4 Å². The highest BCUT2D eigenvalue weighted by Crippen LogP contribution is 2.16. The normalized spacial score (nSPS) is 13.8. The first-order chi connectivity index (χ1) is 9.56. The molecule has 1 N–H and O–H groups in total. The molecule has 1 amide bonds. The van der Waals surface area contributed by atoms with Crippen LogP contribution in [0.15, 0.2) is 11.9 Å². The van der Waals surface area contributed by atoms with Gasteiger partial charge in [-0.15, -0.1) is 0 Å². The van der Waals surface area contributed by atoms with Crippen LogP contribution in [0.3, 0.4) is 0 Å². The summed E-state index contributed by atoms with van der Waals surface area (Å²) in [5.74, 6) is -1.27. The summed E-state index contributed by atoms with van der Waals surface area (Å²) >= 11 is 0. The Kier molecular flexibility index (Phi) is 7.99. The monoisotopic (exact) mass is 303 g/mol. The Labute approximate surface area is 125 Å². The number of carbonyl (C=O) groups excluding carboxylic acids is 2. The van der Waals surface area contributed by atoms with Crippen LogP contribution in [0, 0.1) is 5.92 Å². The van der Waals surface area contributed by atoms with E-state index in [1.165, 1.54) is 0 Å². The van der Waals surface area contributed by atoms with Crippen molar-refractivity contribution in [2.45, 2.75) is 59.6 Å². The number of halogens is 1. The molecule has 0 aromatic rings. The van der Waals surface area contributed by atoms with Crippen molar-refractivity contribution >= 4 is 12.1 Å². The number of esters is 1. The van der Waals surface area contributed by atoms with Crippen LogP contribution in [0.25, 0.3) is 0 Å². The molecule has 0 rings (SSSR count). The largest absolute Gasteiger partial charge is 0.466 e. The predicted molar refractivity (Wildman–Crippen MR) is 78.4 cm³/mol. The maximum absolute atomic E-state index is 14.1. The quantitative estimate of drug-likeness (QED) is 0.764. The van der Waals surface area contributed by atoms with Crippen molar-refractivity contribution in [3.63, 3.8) is 0 Å². The maximum Gasteiger partial charge on any atom is 0.408 e. The van der Waals surface area contributed by atoms with Crippen LogP contribution >= 0.6 is 0 Å². The Morgan fingerprint density at radius 3 is 2.29 bits per heavy atom. The van der Waals surface area contributed by atoms with Gasteiger partial charge in [-0.25, -0.2) is 9.18 Å². The Hall–Kier alpha value is -1.59. The van der Waals surface area contributed by atoms with Crippen LogP contribution in [-0.2, 0) is 14.3 Å². The summed E-state index contributed by atoms with van der Waals surface area (Å²) in [6.07, 6.45) is 0.264. The highest BCUT2D eigenvalue weighted by molar-refractivity contribution is 5.71. The summed E-state index contributed by atoms with van der Waals surface area (Å²) < 4.78 is 23.9. The lowest BCUT2D eigenvalue weighted by molar-refractivity contribution is -0.142. The molecule has 0 unspecified atom stereocenters. The van der Waals surface area contributed by atoms with Gasteiger partial charge in [-0.05, 0) is 39.7 Å². The van der Waals surface area contributed by atoms with Gasteiger partial charge < -0.3 is 14.8 Å². The van der Waals surface area contributed by atoms with Crippen molar-refractivity contribution in [3.05, 3.63) is 11.9 Å². The average molecular weight is 303 g/mol. The van der Waals surface area contributed by atoms with Gasteiger partial charge in [0.15, 0.2) is 0 Å². The fraction of sp³-hybridized carbons (Fsp3) is 0.733. The Bertz CT molecular complexity index is 386. The molecule has 0 aliphatic rings. The van der Waals surface area contributed by atoms with Crippen molar-refractivity contribution in [1.29, 1.82) is 0 Å². The molecule has 122 valence electrons. The molecule has 0 aliphatic heterocycles. The predicted octanol–water partition coefficient (Wildman–Crippen LogP) is 3.34. The van der Waals surface area contributed by atoms with Crippen LogP contribution in [0.5, 0.6) is 0 Å². The SMILES string of the molecule is CCOC(=O)C/C=C(\F)[C@H](NC(=O)OC(C)(C)C)C(C)C. The second kappa shape index (κ2) is 8.64. The van der Waals surface area contributed by atoms with Gasteiger partial charge in [-0.2, -0.15) is 0 Å². The van der Waals surface area contributed by atoms with Crippen molar-refractivity contribution < 1.29 is 23.5 Å². The molecule has 0 heterocycles. The minimum atomic E-state index is -0.839. The van der Waals surface area contributed by atoms with Crippen LogP contribution in [0.2, 0.25) is 0 Å². The van der Waals surface area contributed by atoms with E-state index in [-0.39, 0.29) is 18.9 Å². The fourth-order valence-electron chi connectivity index (χ4n) is 1.52. The van der Waals surface area contributed by atoms with Crippen molar-refractivity contribution in [1.82, 2.24) is 5.32 Å². The van der Waals surface area contributed by atoms with Gasteiger partial charge in [-0.1, -0.05) is 13.8 Å². The molecular weight excluding hydrogens is 277 g/mol. The van der Waals surface area contributed by atoms with E-state index in [2.05, 4.69) is 5.32 Å². The molecule has 0 radical (unpaired) electrons. The molecule has 0 fully saturated rings. The van der Waals surface area contributed by atoms with Crippen LogP contribution in [0.1, 0.15) is 48.0 Å². The highest BCUT2D eigenvalue weighted by atomic mass is 19.1. The van der Waals surface area contributed by atoms with Gasteiger partial charge >= 0.3 is 12.1 Å². The molecule has 0 aliphatic carbocycles. The third-order valence-electron chi connectivity index (χ3n) is 2.41. The number of hydrogen-bond donors (Lipinski definition) is 1. The number of amides is 1.